The average Bonchev–Trinajstić information content (AvgIpc) is 2.87. The van der Waals surface area contributed by atoms with E-state index >= 15 is 0 Å². The second-order valence-corrected chi connectivity index (χ2v) is 8.81. The molecular formula is C27H24F3N5O2. The number of benzene rings is 2. The first-order valence-corrected chi connectivity index (χ1v) is 11.3. The Morgan fingerprint density at radius 3 is 2.30 bits per heavy atom. The van der Waals surface area contributed by atoms with Crippen LogP contribution in [0, 0.1) is 0 Å². The van der Waals surface area contributed by atoms with E-state index in [-0.39, 0.29) is 23.7 Å². The second-order valence-electron chi connectivity index (χ2n) is 8.81. The van der Waals surface area contributed by atoms with E-state index in [1.165, 1.54) is 7.05 Å². The van der Waals surface area contributed by atoms with Crippen LogP contribution >= 0.6 is 0 Å². The standard InChI is InChI=1S/C27H24F3N5O2/c1-26(14-16-5-7-17(8-6-16)24(36)32-2,23-21(31)13-20(15-34-23)27(28,29)30)35-25(37)19-9-10-22-18(12-19)4-3-11-33-22/h3-13,15H,14,31H2,1-2H3,(H,32,36)(H,35,37). The predicted octanol–water partition coefficient (Wildman–Crippen LogP) is 4.48. The zero-order chi connectivity index (χ0) is 26.8. The van der Waals surface area contributed by atoms with Crippen molar-refractivity contribution < 1.29 is 22.8 Å². The molecule has 0 fully saturated rings. The van der Waals surface area contributed by atoms with Crippen LogP contribution in [0.1, 0.15) is 44.5 Å². The number of alkyl halides is 3. The van der Waals surface area contributed by atoms with Crippen molar-refractivity contribution in [2.75, 3.05) is 12.8 Å². The molecule has 0 saturated carbocycles. The fraction of sp³-hybridized carbons (Fsp3) is 0.185. The number of hydrogen-bond acceptors (Lipinski definition) is 5. The third-order valence-corrected chi connectivity index (χ3v) is 6.02. The molecule has 0 aliphatic heterocycles. The second kappa shape index (κ2) is 9.88. The zero-order valence-electron chi connectivity index (χ0n) is 20.1. The lowest BCUT2D eigenvalue weighted by Crippen LogP contribution is -2.46. The summed E-state index contributed by atoms with van der Waals surface area (Å²) < 4.78 is 39.7. The lowest BCUT2D eigenvalue weighted by molar-refractivity contribution is -0.137. The van der Waals surface area contributed by atoms with Crippen molar-refractivity contribution in [3.8, 4) is 0 Å². The normalized spacial score (nSPS) is 13.1. The molecule has 2 aromatic heterocycles. The molecule has 2 heterocycles. The summed E-state index contributed by atoms with van der Waals surface area (Å²) in [4.78, 5) is 33.5. The van der Waals surface area contributed by atoms with Gasteiger partial charge in [-0.3, -0.25) is 19.6 Å². The quantitative estimate of drug-likeness (QED) is 0.357. The molecule has 1 unspecified atom stereocenters. The van der Waals surface area contributed by atoms with Crippen LogP contribution in [-0.4, -0.2) is 28.8 Å². The molecule has 37 heavy (non-hydrogen) atoms. The highest BCUT2D eigenvalue weighted by Crippen LogP contribution is 2.34. The van der Waals surface area contributed by atoms with Crippen LogP contribution in [0.15, 0.2) is 73.1 Å². The number of pyridine rings is 2. The SMILES string of the molecule is CNC(=O)c1ccc(CC(C)(NC(=O)c2ccc3ncccc3c2)c2ncc(C(F)(F)F)cc2N)cc1. The summed E-state index contributed by atoms with van der Waals surface area (Å²) in [5, 5.41) is 6.22. The first-order valence-electron chi connectivity index (χ1n) is 11.3. The van der Waals surface area contributed by atoms with Gasteiger partial charge in [-0.1, -0.05) is 18.2 Å². The lowest BCUT2D eigenvalue weighted by atomic mass is 9.87. The molecule has 1 atom stereocenters. The van der Waals surface area contributed by atoms with Crippen molar-refractivity contribution in [2.24, 2.45) is 0 Å². The van der Waals surface area contributed by atoms with Crippen molar-refractivity contribution in [2.45, 2.75) is 25.1 Å². The molecule has 4 rings (SSSR count). The van der Waals surface area contributed by atoms with Gasteiger partial charge in [-0.05, 0) is 55.0 Å². The first-order chi connectivity index (χ1) is 17.5. The third kappa shape index (κ3) is 5.53. The molecule has 190 valence electrons. The monoisotopic (exact) mass is 507 g/mol. The maximum Gasteiger partial charge on any atom is 0.417 e. The van der Waals surface area contributed by atoms with Crippen LogP contribution in [0.5, 0.6) is 0 Å². The number of nitrogens with two attached hydrogens (primary N) is 1. The van der Waals surface area contributed by atoms with E-state index in [0.29, 0.717) is 28.4 Å². The van der Waals surface area contributed by atoms with E-state index < -0.39 is 23.2 Å². The molecule has 2 aromatic carbocycles. The number of rotatable bonds is 6. The minimum Gasteiger partial charge on any atom is -0.397 e. The first kappa shape index (κ1) is 25.6. The van der Waals surface area contributed by atoms with Crippen LogP contribution < -0.4 is 16.4 Å². The number of halogens is 3. The molecule has 2 amide bonds. The molecule has 0 aliphatic carbocycles. The van der Waals surface area contributed by atoms with Crippen LogP contribution in [0.25, 0.3) is 10.9 Å². The summed E-state index contributed by atoms with van der Waals surface area (Å²) in [6, 6.07) is 16.0. The lowest BCUT2D eigenvalue weighted by Gasteiger charge is -2.32. The fourth-order valence-electron chi connectivity index (χ4n) is 4.15. The summed E-state index contributed by atoms with van der Waals surface area (Å²) in [7, 11) is 1.52. The number of amides is 2. The highest BCUT2D eigenvalue weighted by atomic mass is 19.4. The number of nitrogens with one attached hydrogen (secondary N) is 2. The summed E-state index contributed by atoms with van der Waals surface area (Å²) >= 11 is 0. The van der Waals surface area contributed by atoms with Crippen LogP contribution in [-0.2, 0) is 18.1 Å². The smallest absolute Gasteiger partial charge is 0.397 e. The summed E-state index contributed by atoms with van der Waals surface area (Å²) in [6.45, 7) is 1.64. The molecule has 4 aromatic rings. The molecule has 0 saturated heterocycles. The number of anilines is 1. The van der Waals surface area contributed by atoms with Gasteiger partial charge in [-0.2, -0.15) is 13.2 Å². The van der Waals surface area contributed by atoms with Gasteiger partial charge in [0.15, 0.2) is 0 Å². The molecular weight excluding hydrogens is 483 g/mol. The van der Waals surface area contributed by atoms with Gasteiger partial charge in [0, 0.05) is 42.4 Å². The van der Waals surface area contributed by atoms with Crippen LogP contribution in [0.4, 0.5) is 18.9 Å². The minimum absolute atomic E-state index is 0.0895. The average molecular weight is 508 g/mol. The Labute approximate surface area is 210 Å². The van der Waals surface area contributed by atoms with Gasteiger partial charge in [-0.25, -0.2) is 0 Å². The van der Waals surface area contributed by atoms with Gasteiger partial charge in [0.1, 0.15) is 0 Å². The third-order valence-electron chi connectivity index (χ3n) is 6.02. The van der Waals surface area contributed by atoms with Gasteiger partial charge >= 0.3 is 6.18 Å². The number of carbonyl (C=O) groups is 2. The Morgan fingerprint density at radius 2 is 1.65 bits per heavy atom. The molecule has 0 spiro atoms. The molecule has 7 nitrogen and oxygen atoms in total. The van der Waals surface area contributed by atoms with Crippen molar-refractivity contribution in [1.82, 2.24) is 20.6 Å². The molecule has 0 bridgehead atoms. The highest BCUT2D eigenvalue weighted by molar-refractivity contribution is 5.98. The Bertz CT molecular complexity index is 1470. The van der Waals surface area contributed by atoms with Crippen molar-refractivity contribution in [3.63, 3.8) is 0 Å². The zero-order valence-corrected chi connectivity index (χ0v) is 20.1. The molecule has 0 radical (unpaired) electrons. The Kier molecular flexibility index (Phi) is 6.84. The number of carbonyl (C=O) groups excluding carboxylic acids is 2. The number of hydrogen-bond donors (Lipinski definition) is 3. The molecule has 4 N–H and O–H groups in total. The Balaban J connectivity index is 1.72. The topological polar surface area (TPSA) is 110 Å². The maximum absolute atomic E-state index is 13.4. The van der Waals surface area contributed by atoms with Gasteiger partial charge in [0.25, 0.3) is 11.8 Å². The van der Waals surface area contributed by atoms with Crippen LogP contribution in [0.3, 0.4) is 0 Å². The van der Waals surface area contributed by atoms with E-state index in [0.717, 1.165) is 11.5 Å². The van der Waals surface area contributed by atoms with Gasteiger partial charge in [0.2, 0.25) is 0 Å². The number of aromatic nitrogens is 2. The van der Waals surface area contributed by atoms with Crippen molar-refractivity contribution in [1.29, 1.82) is 0 Å². The van der Waals surface area contributed by atoms with E-state index in [4.69, 9.17) is 5.73 Å². The fourth-order valence-corrected chi connectivity index (χ4v) is 4.15. The summed E-state index contributed by atoms with van der Waals surface area (Å²) in [6.07, 6.45) is -2.13. The number of nitrogen functional groups attached to an aromatic ring is 1. The van der Waals surface area contributed by atoms with E-state index in [1.54, 1.807) is 61.7 Å². The maximum atomic E-state index is 13.4. The van der Waals surface area contributed by atoms with Crippen molar-refractivity contribution >= 4 is 28.4 Å². The molecule has 10 heteroatoms. The highest BCUT2D eigenvalue weighted by Gasteiger charge is 2.36. The Morgan fingerprint density at radius 1 is 0.946 bits per heavy atom. The van der Waals surface area contributed by atoms with Gasteiger partial charge in [-0.15, -0.1) is 0 Å². The van der Waals surface area contributed by atoms with E-state index in [1.807, 2.05) is 6.07 Å². The van der Waals surface area contributed by atoms with Gasteiger partial charge in [0.05, 0.1) is 28.0 Å². The van der Waals surface area contributed by atoms with Crippen molar-refractivity contribution in [3.05, 3.63) is 101 Å². The predicted molar refractivity (Wildman–Crippen MR) is 134 cm³/mol. The summed E-state index contributed by atoms with van der Waals surface area (Å²) in [5.74, 6) is -0.724. The van der Waals surface area contributed by atoms with Gasteiger partial charge < -0.3 is 16.4 Å². The summed E-state index contributed by atoms with van der Waals surface area (Å²) in [5.41, 5.74) is 5.86. The molecule has 0 aliphatic rings. The minimum atomic E-state index is -4.62. The largest absolute Gasteiger partial charge is 0.417 e. The van der Waals surface area contributed by atoms with E-state index in [9.17, 15) is 22.8 Å². The Hall–Kier alpha value is -4.47. The number of fused-ring (bicyclic) bond motifs is 1. The van der Waals surface area contributed by atoms with Crippen LogP contribution in [0.2, 0.25) is 0 Å². The number of nitrogens with zero attached hydrogens (tertiary/aromatic N) is 2. The van der Waals surface area contributed by atoms with E-state index in [2.05, 4.69) is 20.6 Å².